The monoisotopic (exact) mass is 319 g/mol. The molecule has 122 valence electrons. The number of methoxy groups -OCH3 is 2. The number of nitrogens with zero attached hydrogens (tertiary/aromatic N) is 2. The first-order valence-corrected chi connectivity index (χ1v) is 6.72. The van der Waals surface area contributed by atoms with Gasteiger partial charge in [-0.25, -0.2) is 14.2 Å². The molecule has 0 fully saturated rings. The highest BCUT2D eigenvalue weighted by atomic mass is 16.5. The van der Waals surface area contributed by atoms with Gasteiger partial charge in [-0.05, 0) is 32.0 Å². The number of anilines is 1. The van der Waals surface area contributed by atoms with Crippen LogP contribution >= 0.6 is 0 Å². The van der Waals surface area contributed by atoms with Crippen molar-refractivity contribution in [3.8, 4) is 0 Å². The Hall–Kier alpha value is -3.03. The molecule has 2 N–H and O–H groups in total. The second kappa shape index (κ2) is 6.39. The van der Waals surface area contributed by atoms with E-state index in [0.717, 1.165) is 0 Å². The second-order valence-corrected chi connectivity index (χ2v) is 4.80. The minimum absolute atomic E-state index is 0.338. The van der Waals surface area contributed by atoms with Gasteiger partial charge in [-0.2, -0.15) is 0 Å². The van der Waals surface area contributed by atoms with Gasteiger partial charge in [-0.1, -0.05) is 5.16 Å². The summed E-state index contributed by atoms with van der Waals surface area (Å²) in [6.07, 6.45) is -1.17. The Morgan fingerprint density at radius 3 is 2.52 bits per heavy atom. The third kappa shape index (κ3) is 2.83. The molecule has 0 unspecified atom stereocenters. The molecular formula is C15H17N3O5. The zero-order valence-corrected chi connectivity index (χ0v) is 13.2. The third-order valence-corrected chi connectivity index (χ3v) is 3.50. The van der Waals surface area contributed by atoms with Gasteiger partial charge in [0.15, 0.2) is 0 Å². The van der Waals surface area contributed by atoms with Crippen molar-refractivity contribution in [2.75, 3.05) is 19.5 Å². The number of hydrogen-bond acceptors (Lipinski definition) is 6. The van der Waals surface area contributed by atoms with Crippen LogP contribution in [0.3, 0.4) is 0 Å². The zero-order valence-electron chi connectivity index (χ0n) is 13.2. The molecule has 0 bridgehead atoms. The van der Waals surface area contributed by atoms with Crippen LogP contribution in [0.5, 0.6) is 0 Å². The summed E-state index contributed by atoms with van der Waals surface area (Å²) < 4.78 is 10.7. The van der Waals surface area contributed by atoms with Gasteiger partial charge in [0, 0.05) is 22.3 Å². The molecule has 2 rings (SSSR count). The van der Waals surface area contributed by atoms with E-state index >= 15 is 0 Å². The number of aromatic nitrogens is 1. The first kappa shape index (κ1) is 16.3. The van der Waals surface area contributed by atoms with E-state index in [1.165, 1.54) is 18.8 Å². The highest BCUT2D eigenvalue weighted by molar-refractivity contribution is 6.13. The van der Waals surface area contributed by atoms with Crippen LogP contribution in [0.1, 0.15) is 18.2 Å². The highest BCUT2D eigenvalue weighted by Gasteiger charge is 2.21. The molecule has 8 heteroatoms. The molecule has 2 aromatic rings. The van der Waals surface area contributed by atoms with Gasteiger partial charge in [0.1, 0.15) is 0 Å². The minimum Gasteiger partial charge on any atom is -0.453 e. The molecule has 0 atom stereocenters. The smallest absolute Gasteiger partial charge is 0.418 e. The number of ether oxygens (including phenoxy) is 2. The zero-order chi connectivity index (χ0) is 17.1. The van der Waals surface area contributed by atoms with Gasteiger partial charge in [0.25, 0.3) is 0 Å². The van der Waals surface area contributed by atoms with Crippen LogP contribution in [0.2, 0.25) is 0 Å². The van der Waals surface area contributed by atoms with Crippen LogP contribution in [0.4, 0.5) is 15.3 Å². The van der Waals surface area contributed by atoms with Crippen molar-refractivity contribution in [1.82, 2.24) is 4.57 Å². The maximum Gasteiger partial charge on any atom is 0.418 e. The molecule has 0 saturated heterocycles. The van der Waals surface area contributed by atoms with Crippen molar-refractivity contribution in [3.63, 3.8) is 0 Å². The van der Waals surface area contributed by atoms with Crippen molar-refractivity contribution < 1.29 is 24.3 Å². The number of carbonyl (C=O) groups excluding carboxylic acids is 2. The topological polar surface area (TPSA) is 102 Å². The predicted molar refractivity (Wildman–Crippen MR) is 84.5 cm³/mol. The number of carbonyl (C=O) groups is 2. The largest absolute Gasteiger partial charge is 0.453 e. The molecular weight excluding hydrogens is 302 g/mol. The summed E-state index contributed by atoms with van der Waals surface area (Å²) in [6.45, 7) is 3.33. The summed E-state index contributed by atoms with van der Waals surface area (Å²) in [5, 5.41) is 15.5. The van der Waals surface area contributed by atoms with Crippen LogP contribution in [0, 0.1) is 6.92 Å². The molecule has 23 heavy (non-hydrogen) atoms. The summed E-state index contributed by atoms with van der Waals surface area (Å²) in [5.41, 5.74) is 2.55. The predicted octanol–water partition coefficient (Wildman–Crippen LogP) is 2.94. The number of hydrogen-bond donors (Lipinski definition) is 2. The number of benzene rings is 1. The van der Waals surface area contributed by atoms with E-state index in [9.17, 15) is 9.59 Å². The quantitative estimate of drug-likeness (QED) is 0.503. The second-order valence-electron chi connectivity index (χ2n) is 4.80. The molecule has 0 aliphatic carbocycles. The Morgan fingerprint density at radius 2 is 1.96 bits per heavy atom. The number of rotatable bonds is 2. The van der Waals surface area contributed by atoms with E-state index in [1.807, 2.05) is 0 Å². The Labute approximate surface area is 132 Å². The van der Waals surface area contributed by atoms with Crippen molar-refractivity contribution in [2.24, 2.45) is 5.16 Å². The summed E-state index contributed by atoms with van der Waals surface area (Å²) in [7, 11) is 2.55. The molecule has 1 aromatic carbocycles. The van der Waals surface area contributed by atoms with Gasteiger partial charge < -0.3 is 14.7 Å². The summed E-state index contributed by atoms with van der Waals surface area (Å²) in [5.74, 6) is 0. The minimum atomic E-state index is -0.609. The number of fused-ring (bicyclic) bond motifs is 1. The van der Waals surface area contributed by atoms with E-state index in [4.69, 9.17) is 9.94 Å². The van der Waals surface area contributed by atoms with Gasteiger partial charge in [0.2, 0.25) is 0 Å². The van der Waals surface area contributed by atoms with Gasteiger partial charge in [-0.3, -0.25) is 5.32 Å². The van der Waals surface area contributed by atoms with Crippen LogP contribution < -0.4 is 5.32 Å². The number of oxime groups is 1. The van der Waals surface area contributed by atoms with Crippen LogP contribution in [0.25, 0.3) is 10.9 Å². The Balaban J connectivity index is 2.74. The lowest BCUT2D eigenvalue weighted by Gasteiger charge is -2.06. The standard InChI is InChI=1S/C15H17N3O5/c1-8(17-21)13-9(2)18(15(20)23-4)12-6-5-10(7-11(12)13)16-14(19)22-3/h5-7,21H,1-4H3,(H,16,19). The molecule has 0 aliphatic rings. The Morgan fingerprint density at radius 1 is 1.26 bits per heavy atom. The average molecular weight is 319 g/mol. The fourth-order valence-corrected chi connectivity index (χ4v) is 2.50. The van der Waals surface area contributed by atoms with Gasteiger partial charge in [0.05, 0.1) is 25.4 Å². The lowest BCUT2D eigenvalue weighted by molar-refractivity contribution is 0.173. The number of amides is 1. The Bertz CT molecular complexity index is 807. The SMILES string of the molecule is COC(=O)Nc1ccc2c(c1)c(C(C)=NO)c(C)n2C(=O)OC. The average Bonchev–Trinajstić information content (AvgIpc) is 2.84. The van der Waals surface area contributed by atoms with E-state index in [0.29, 0.717) is 33.6 Å². The normalized spacial score (nSPS) is 11.4. The Kier molecular flexibility index (Phi) is 4.54. The molecule has 8 nitrogen and oxygen atoms in total. The van der Waals surface area contributed by atoms with Gasteiger partial charge >= 0.3 is 12.2 Å². The maximum absolute atomic E-state index is 12.0. The van der Waals surface area contributed by atoms with Crippen molar-refractivity contribution in [1.29, 1.82) is 0 Å². The summed E-state index contributed by atoms with van der Waals surface area (Å²) in [4.78, 5) is 23.4. The summed E-state index contributed by atoms with van der Waals surface area (Å²) in [6, 6.07) is 4.97. The maximum atomic E-state index is 12.0. The fraction of sp³-hybridized carbons (Fsp3) is 0.267. The molecule has 0 saturated carbocycles. The molecule has 1 heterocycles. The highest BCUT2D eigenvalue weighted by Crippen LogP contribution is 2.29. The van der Waals surface area contributed by atoms with Crippen LogP contribution in [0.15, 0.2) is 23.4 Å². The first-order chi connectivity index (χ1) is 10.9. The van der Waals surface area contributed by atoms with Gasteiger partial charge in [-0.15, -0.1) is 0 Å². The van der Waals surface area contributed by atoms with E-state index < -0.39 is 12.2 Å². The summed E-state index contributed by atoms with van der Waals surface area (Å²) >= 11 is 0. The fourth-order valence-electron chi connectivity index (χ4n) is 2.50. The van der Waals surface area contributed by atoms with Crippen LogP contribution in [-0.4, -0.2) is 41.9 Å². The van der Waals surface area contributed by atoms with Crippen LogP contribution in [-0.2, 0) is 9.47 Å². The molecule has 0 spiro atoms. The van der Waals surface area contributed by atoms with E-state index in [-0.39, 0.29) is 0 Å². The lowest BCUT2D eigenvalue weighted by Crippen LogP contribution is -2.13. The van der Waals surface area contributed by atoms with E-state index in [2.05, 4.69) is 15.2 Å². The third-order valence-electron chi connectivity index (χ3n) is 3.50. The van der Waals surface area contributed by atoms with Crippen molar-refractivity contribution >= 4 is 34.5 Å². The lowest BCUT2D eigenvalue weighted by atomic mass is 10.1. The van der Waals surface area contributed by atoms with Crippen molar-refractivity contribution in [3.05, 3.63) is 29.5 Å². The molecule has 1 amide bonds. The van der Waals surface area contributed by atoms with E-state index in [1.54, 1.807) is 32.0 Å². The molecule has 1 aromatic heterocycles. The first-order valence-electron chi connectivity index (χ1n) is 6.72. The molecule has 0 radical (unpaired) electrons. The van der Waals surface area contributed by atoms with Crippen molar-refractivity contribution in [2.45, 2.75) is 13.8 Å². The molecule has 0 aliphatic heterocycles. The number of nitrogens with one attached hydrogen (secondary N) is 1.